The van der Waals surface area contributed by atoms with E-state index in [2.05, 4.69) is 0 Å². The SMILES string of the molecule is CCOC(=S)c1ccc(C)o1. The van der Waals surface area contributed by atoms with Crippen molar-refractivity contribution in [1.29, 1.82) is 0 Å². The molecule has 0 atom stereocenters. The van der Waals surface area contributed by atoms with Gasteiger partial charge < -0.3 is 9.15 Å². The van der Waals surface area contributed by atoms with Crippen LogP contribution in [0.5, 0.6) is 0 Å². The molecule has 1 heterocycles. The molecule has 0 aliphatic rings. The van der Waals surface area contributed by atoms with Gasteiger partial charge in [-0.25, -0.2) is 0 Å². The van der Waals surface area contributed by atoms with Crippen LogP contribution in [-0.2, 0) is 4.74 Å². The summed E-state index contributed by atoms with van der Waals surface area (Å²) < 4.78 is 10.3. The molecule has 0 amide bonds. The van der Waals surface area contributed by atoms with Crippen LogP contribution in [0, 0.1) is 6.92 Å². The molecule has 0 aliphatic heterocycles. The molecule has 0 unspecified atom stereocenters. The van der Waals surface area contributed by atoms with Crippen molar-refractivity contribution in [2.45, 2.75) is 13.8 Å². The Balaban J connectivity index is 2.69. The van der Waals surface area contributed by atoms with E-state index < -0.39 is 0 Å². The summed E-state index contributed by atoms with van der Waals surface area (Å²) in [6, 6.07) is 3.67. The average molecular weight is 170 g/mol. The molecule has 11 heavy (non-hydrogen) atoms. The first-order valence-electron chi connectivity index (χ1n) is 3.47. The van der Waals surface area contributed by atoms with Gasteiger partial charge in [0.25, 0.3) is 0 Å². The van der Waals surface area contributed by atoms with Crippen LogP contribution in [0.2, 0.25) is 0 Å². The minimum atomic E-state index is 0.431. The third-order valence-corrected chi connectivity index (χ3v) is 1.54. The molecule has 1 rings (SSSR count). The van der Waals surface area contributed by atoms with Gasteiger partial charge in [0.05, 0.1) is 6.61 Å². The van der Waals surface area contributed by atoms with Gasteiger partial charge in [0.2, 0.25) is 5.05 Å². The van der Waals surface area contributed by atoms with Crippen molar-refractivity contribution in [1.82, 2.24) is 0 Å². The highest BCUT2D eigenvalue weighted by molar-refractivity contribution is 7.80. The Hall–Kier alpha value is -0.830. The third kappa shape index (κ3) is 2.05. The number of ether oxygens (including phenoxy) is 1. The smallest absolute Gasteiger partial charge is 0.227 e. The molecular formula is C8H10O2S. The van der Waals surface area contributed by atoms with Crippen molar-refractivity contribution in [2.75, 3.05) is 6.61 Å². The molecule has 0 aliphatic carbocycles. The van der Waals surface area contributed by atoms with Crippen molar-refractivity contribution in [3.63, 3.8) is 0 Å². The van der Waals surface area contributed by atoms with Crippen LogP contribution < -0.4 is 0 Å². The van der Waals surface area contributed by atoms with Gasteiger partial charge in [-0.15, -0.1) is 0 Å². The van der Waals surface area contributed by atoms with Gasteiger partial charge in [-0.3, -0.25) is 0 Å². The summed E-state index contributed by atoms with van der Waals surface area (Å²) in [7, 11) is 0. The van der Waals surface area contributed by atoms with Crippen molar-refractivity contribution in [3.05, 3.63) is 23.7 Å². The fourth-order valence-corrected chi connectivity index (χ4v) is 0.974. The van der Waals surface area contributed by atoms with Crippen molar-refractivity contribution < 1.29 is 9.15 Å². The molecule has 60 valence electrons. The van der Waals surface area contributed by atoms with Crippen molar-refractivity contribution in [2.24, 2.45) is 0 Å². The second-order valence-electron chi connectivity index (χ2n) is 2.13. The van der Waals surface area contributed by atoms with Crippen LogP contribution in [0.3, 0.4) is 0 Å². The van der Waals surface area contributed by atoms with Crippen LogP contribution in [0.1, 0.15) is 18.4 Å². The Morgan fingerprint density at radius 3 is 2.82 bits per heavy atom. The van der Waals surface area contributed by atoms with E-state index in [0.29, 0.717) is 17.4 Å². The monoisotopic (exact) mass is 170 g/mol. The maximum absolute atomic E-state index is 5.23. The molecular weight excluding hydrogens is 160 g/mol. The zero-order chi connectivity index (χ0) is 8.27. The van der Waals surface area contributed by atoms with E-state index in [4.69, 9.17) is 21.4 Å². The fraction of sp³-hybridized carbons (Fsp3) is 0.375. The lowest BCUT2D eigenvalue weighted by atomic mass is 10.4. The van der Waals surface area contributed by atoms with E-state index >= 15 is 0 Å². The van der Waals surface area contributed by atoms with Crippen LogP contribution in [0.15, 0.2) is 16.5 Å². The minimum absolute atomic E-state index is 0.431. The van der Waals surface area contributed by atoms with E-state index in [-0.39, 0.29) is 0 Å². The first-order chi connectivity index (χ1) is 5.24. The summed E-state index contributed by atoms with van der Waals surface area (Å²) in [5, 5.41) is 0.431. The van der Waals surface area contributed by atoms with E-state index in [1.54, 1.807) is 0 Å². The van der Waals surface area contributed by atoms with Crippen molar-refractivity contribution in [3.8, 4) is 0 Å². The molecule has 0 aromatic carbocycles. The Kier molecular flexibility index (Phi) is 2.65. The van der Waals surface area contributed by atoms with Crippen LogP contribution in [-0.4, -0.2) is 11.7 Å². The van der Waals surface area contributed by atoms with Gasteiger partial charge >= 0.3 is 0 Å². The van der Waals surface area contributed by atoms with E-state index in [0.717, 1.165) is 5.76 Å². The van der Waals surface area contributed by atoms with Crippen LogP contribution in [0.4, 0.5) is 0 Å². The lowest BCUT2D eigenvalue weighted by Crippen LogP contribution is -2.00. The van der Waals surface area contributed by atoms with Crippen LogP contribution >= 0.6 is 12.2 Å². The number of thiocarbonyl (C=S) groups is 1. The number of rotatable bonds is 2. The number of aryl methyl sites for hydroxylation is 1. The lowest BCUT2D eigenvalue weighted by molar-refractivity contribution is 0.327. The topological polar surface area (TPSA) is 22.4 Å². The molecule has 2 nitrogen and oxygen atoms in total. The normalized spacial score (nSPS) is 9.64. The second-order valence-corrected chi connectivity index (χ2v) is 2.50. The fourth-order valence-electron chi connectivity index (χ4n) is 0.746. The standard InChI is InChI=1S/C8H10O2S/c1-3-9-8(11)7-5-4-6(2)10-7/h4-5H,3H2,1-2H3. The Morgan fingerprint density at radius 1 is 1.64 bits per heavy atom. The van der Waals surface area contributed by atoms with Gasteiger partial charge in [0.15, 0.2) is 5.76 Å². The van der Waals surface area contributed by atoms with E-state index in [1.165, 1.54) is 0 Å². The zero-order valence-corrected chi connectivity index (χ0v) is 7.40. The third-order valence-electron chi connectivity index (χ3n) is 1.22. The minimum Gasteiger partial charge on any atom is -0.481 e. The van der Waals surface area contributed by atoms with Gasteiger partial charge in [-0.1, -0.05) is 0 Å². The summed E-state index contributed by atoms with van der Waals surface area (Å²) in [5.41, 5.74) is 0. The van der Waals surface area contributed by atoms with Crippen molar-refractivity contribution >= 4 is 17.3 Å². The molecule has 0 spiro atoms. The second kappa shape index (κ2) is 3.53. The van der Waals surface area contributed by atoms with Gasteiger partial charge in [-0.05, 0) is 38.2 Å². The average Bonchev–Trinajstić information content (AvgIpc) is 2.36. The summed E-state index contributed by atoms with van der Waals surface area (Å²) in [4.78, 5) is 0. The summed E-state index contributed by atoms with van der Waals surface area (Å²) in [6.07, 6.45) is 0. The molecule has 3 heteroatoms. The number of hydrogen-bond acceptors (Lipinski definition) is 3. The largest absolute Gasteiger partial charge is 0.481 e. The Morgan fingerprint density at radius 2 is 2.36 bits per heavy atom. The lowest BCUT2D eigenvalue weighted by Gasteiger charge is -1.99. The number of hydrogen-bond donors (Lipinski definition) is 0. The summed E-state index contributed by atoms with van der Waals surface area (Å²) in [6.45, 7) is 4.35. The highest BCUT2D eigenvalue weighted by Gasteiger charge is 2.04. The molecule has 0 saturated carbocycles. The molecule has 1 aromatic heterocycles. The van der Waals surface area contributed by atoms with Crippen LogP contribution in [0.25, 0.3) is 0 Å². The highest BCUT2D eigenvalue weighted by atomic mass is 32.1. The molecule has 0 radical (unpaired) electrons. The molecule has 0 N–H and O–H groups in total. The predicted molar refractivity (Wildman–Crippen MR) is 46.8 cm³/mol. The maximum Gasteiger partial charge on any atom is 0.227 e. The first-order valence-corrected chi connectivity index (χ1v) is 3.88. The zero-order valence-electron chi connectivity index (χ0n) is 6.59. The highest BCUT2D eigenvalue weighted by Crippen LogP contribution is 2.08. The Labute approximate surface area is 71.2 Å². The van der Waals surface area contributed by atoms with Gasteiger partial charge in [0.1, 0.15) is 5.76 Å². The van der Waals surface area contributed by atoms with E-state index in [1.807, 2.05) is 26.0 Å². The summed E-state index contributed by atoms with van der Waals surface area (Å²) in [5.74, 6) is 1.49. The molecule has 0 saturated heterocycles. The Bertz CT molecular complexity index is 252. The van der Waals surface area contributed by atoms with E-state index in [9.17, 15) is 0 Å². The maximum atomic E-state index is 5.23. The molecule has 1 aromatic rings. The van der Waals surface area contributed by atoms with Gasteiger partial charge in [-0.2, -0.15) is 0 Å². The first kappa shape index (κ1) is 8.27. The predicted octanol–water partition coefficient (Wildman–Crippen LogP) is 2.30. The molecule has 0 fully saturated rings. The number of furan rings is 1. The molecule has 0 bridgehead atoms. The summed E-state index contributed by atoms with van der Waals surface area (Å²) >= 11 is 4.92. The van der Waals surface area contributed by atoms with Gasteiger partial charge in [0, 0.05) is 0 Å². The quantitative estimate of drug-likeness (QED) is 0.636.